The molecule has 0 bridgehead atoms. The van der Waals surface area contributed by atoms with Crippen molar-refractivity contribution in [1.29, 1.82) is 0 Å². The lowest BCUT2D eigenvalue weighted by Crippen LogP contribution is -2.32. The maximum atomic E-state index is 12.7. The highest BCUT2D eigenvalue weighted by Gasteiger charge is 2.41. The maximum Gasteiger partial charge on any atom is 0.330 e. The summed E-state index contributed by atoms with van der Waals surface area (Å²) < 4.78 is 53.9. The van der Waals surface area contributed by atoms with Gasteiger partial charge in [0.25, 0.3) is 5.56 Å². The lowest BCUT2D eigenvalue weighted by molar-refractivity contribution is -0.168. The highest BCUT2D eigenvalue weighted by molar-refractivity contribution is 5.10. The number of aromatic nitrogens is 2. The van der Waals surface area contributed by atoms with Crippen molar-refractivity contribution in [2.24, 2.45) is 0 Å². The van der Waals surface area contributed by atoms with Crippen LogP contribution in [0.15, 0.2) is 10.9 Å². The van der Waals surface area contributed by atoms with Crippen LogP contribution in [0.4, 0.5) is 17.6 Å². The zero-order chi connectivity index (χ0) is 15.5. The molecule has 0 radical (unpaired) electrons. The number of alkyl halides is 4. The van der Waals surface area contributed by atoms with Crippen molar-refractivity contribution in [3.8, 4) is 0 Å². The number of nitrogens with one attached hydrogen (secondary N) is 1. The third-order valence-corrected chi connectivity index (χ3v) is 3.44. The first-order chi connectivity index (χ1) is 9.88. The zero-order valence-corrected chi connectivity index (χ0v) is 11.3. The molecule has 8 heteroatoms. The highest BCUT2D eigenvalue weighted by atomic mass is 19.3. The topological polar surface area (TPSA) is 55.0 Å². The molecule has 21 heavy (non-hydrogen) atoms. The van der Waals surface area contributed by atoms with Gasteiger partial charge in [-0.05, 0) is 12.8 Å². The van der Waals surface area contributed by atoms with Crippen molar-refractivity contribution >= 4 is 0 Å². The number of aromatic amines is 1. The fourth-order valence-corrected chi connectivity index (χ4v) is 2.37. The van der Waals surface area contributed by atoms with Gasteiger partial charge in [-0.25, -0.2) is 13.8 Å². The first-order valence-corrected chi connectivity index (χ1v) is 6.72. The predicted octanol–water partition coefficient (Wildman–Crippen LogP) is 2.84. The Hall–Kier alpha value is -1.44. The van der Waals surface area contributed by atoms with E-state index in [2.05, 4.69) is 14.7 Å². The molecular formula is C13H16F4N2O2. The van der Waals surface area contributed by atoms with Crippen molar-refractivity contribution in [3.05, 3.63) is 27.9 Å². The van der Waals surface area contributed by atoms with E-state index in [9.17, 15) is 22.4 Å². The van der Waals surface area contributed by atoms with Gasteiger partial charge in [0.15, 0.2) is 0 Å². The Balaban J connectivity index is 1.98. The van der Waals surface area contributed by atoms with E-state index in [-0.39, 0.29) is 11.7 Å². The quantitative estimate of drug-likeness (QED) is 0.822. The standard InChI is InChI=1S/C13H16F4N2O2/c14-12(15)13(16,17)7-21-6-10-18-9(5-11(20)19-10)8-3-1-2-4-8/h5,8,12H,1-4,6-7H2,(H,18,19,20). The zero-order valence-electron chi connectivity index (χ0n) is 11.3. The number of halogens is 4. The van der Waals surface area contributed by atoms with E-state index < -0.39 is 31.1 Å². The molecular weight excluding hydrogens is 292 g/mol. The van der Waals surface area contributed by atoms with Crippen LogP contribution in [0.5, 0.6) is 0 Å². The van der Waals surface area contributed by atoms with Crippen molar-refractivity contribution in [2.75, 3.05) is 6.61 Å². The van der Waals surface area contributed by atoms with Crippen LogP contribution in [-0.2, 0) is 11.3 Å². The minimum absolute atomic E-state index is 0.0782. The number of H-pyrrole nitrogens is 1. The predicted molar refractivity (Wildman–Crippen MR) is 66.7 cm³/mol. The molecule has 1 aliphatic rings. The summed E-state index contributed by atoms with van der Waals surface area (Å²) >= 11 is 0. The molecule has 0 amide bonds. The molecule has 1 aromatic rings. The average molecular weight is 308 g/mol. The van der Waals surface area contributed by atoms with Gasteiger partial charge in [-0.15, -0.1) is 0 Å². The number of ether oxygens (including phenoxy) is 1. The van der Waals surface area contributed by atoms with Gasteiger partial charge in [0, 0.05) is 12.0 Å². The largest absolute Gasteiger partial charge is 0.367 e. The van der Waals surface area contributed by atoms with Crippen LogP contribution in [0, 0.1) is 0 Å². The average Bonchev–Trinajstić information content (AvgIpc) is 2.91. The van der Waals surface area contributed by atoms with Crippen LogP contribution < -0.4 is 5.56 Å². The maximum absolute atomic E-state index is 12.7. The van der Waals surface area contributed by atoms with Crippen LogP contribution in [0.1, 0.15) is 43.1 Å². The second-order valence-electron chi connectivity index (χ2n) is 5.15. The summed E-state index contributed by atoms with van der Waals surface area (Å²) in [4.78, 5) is 18.0. The minimum atomic E-state index is -4.21. The van der Waals surface area contributed by atoms with E-state index in [0.29, 0.717) is 5.69 Å². The van der Waals surface area contributed by atoms with Gasteiger partial charge in [0.05, 0.1) is 5.69 Å². The van der Waals surface area contributed by atoms with Gasteiger partial charge in [-0.2, -0.15) is 8.78 Å². The fourth-order valence-electron chi connectivity index (χ4n) is 2.37. The van der Waals surface area contributed by atoms with E-state index in [0.717, 1.165) is 25.7 Å². The van der Waals surface area contributed by atoms with E-state index in [1.165, 1.54) is 6.07 Å². The number of hydrogen-bond acceptors (Lipinski definition) is 3. The molecule has 0 aromatic carbocycles. The van der Waals surface area contributed by atoms with E-state index in [1.54, 1.807) is 0 Å². The SMILES string of the molecule is O=c1cc(C2CCCC2)nc(COCC(F)(F)C(F)F)[nH]1. The first-order valence-electron chi connectivity index (χ1n) is 6.72. The lowest BCUT2D eigenvalue weighted by atomic mass is 10.0. The summed E-state index contributed by atoms with van der Waals surface area (Å²) in [6.45, 7) is -1.85. The molecule has 118 valence electrons. The molecule has 0 unspecified atom stereocenters. The first kappa shape index (κ1) is 15.9. The van der Waals surface area contributed by atoms with Crippen LogP contribution in [0.2, 0.25) is 0 Å². The molecule has 2 rings (SSSR count). The second-order valence-corrected chi connectivity index (χ2v) is 5.15. The van der Waals surface area contributed by atoms with E-state index in [4.69, 9.17) is 0 Å². The molecule has 1 saturated carbocycles. The summed E-state index contributed by atoms with van der Waals surface area (Å²) in [7, 11) is 0. The second kappa shape index (κ2) is 6.55. The van der Waals surface area contributed by atoms with Gasteiger partial charge >= 0.3 is 12.3 Å². The Bertz CT molecular complexity index is 527. The summed E-state index contributed by atoms with van der Waals surface area (Å²) in [6.07, 6.45) is 0.201. The molecule has 1 fully saturated rings. The fraction of sp³-hybridized carbons (Fsp3) is 0.692. The Morgan fingerprint density at radius 1 is 1.38 bits per heavy atom. The summed E-state index contributed by atoms with van der Waals surface area (Å²) in [5.74, 6) is -3.94. The van der Waals surface area contributed by atoms with Crippen LogP contribution in [0.25, 0.3) is 0 Å². The molecule has 4 nitrogen and oxygen atoms in total. The molecule has 0 atom stereocenters. The summed E-state index contributed by atoms with van der Waals surface area (Å²) in [5.41, 5.74) is 0.210. The molecule has 1 heterocycles. The number of nitrogens with zero attached hydrogens (tertiary/aromatic N) is 1. The van der Waals surface area contributed by atoms with Gasteiger partial charge in [-0.1, -0.05) is 12.8 Å². The number of hydrogen-bond donors (Lipinski definition) is 1. The molecule has 0 saturated heterocycles. The van der Waals surface area contributed by atoms with Crippen molar-refractivity contribution in [1.82, 2.24) is 9.97 Å². The molecule has 0 spiro atoms. The number of rotatable bonds is 6. The van der Waals surface area contributed by atoms with Gasteiger partial charge in [0.1, 0.15) is 19.0 Å². The van der Waals surface area contributed by atoms with Gasteiger partial charge in [-0.3, -0.25) is 4.79 Å². The van der Waals surface area contributed by atoms with Crippen LogP contribution in [-0.4, -0.2) is 28.9 Å². The van der Waals surface area contributed by atoms with Crippen LogP contribution >= 0.6 is 0 Å². The van der Waals surface area contributed by atoms with Gasteiger partial charge < -0.3 is 9.72 Å². The summed E-state index contributed by atoms with van der Waals surface area (Å²) in [6, 6.07) is 1.38. The molecule has 1 aliphatic carbocycles. The van der Waals surface area contributed by atoms with Gasteiger partial charge in [0.2, 0.25) is 0 Å². The van der Waals surface area contributed by atoms with Crippen molar-refractivity contribution in [2.45, 2.75) is 50.6 Å². The molecule has 1 aromatic heterocycles. The Morgan fingerprint density at radius 3 is 2.67 bits per heavy atom. The highest BCUT2D eigenvalue weighted by Crippen LogP contribution is 2.32. The minimum Gasteiger partial charge on any atom is -0.367 e. The molecule has 1 N–H and O–H groups in total. The van der Waals surface area contributed by atoms with Crippen molar-refractivity contribution < 1.29 is 22.3 Å². The Labute approximate surface area is 118 Å². The Kier molecular flexibility index (Phi) is 4.97. The Morgan fingerprint density at radius 2 is 2.05 bits per heavy atom. The third-order valence-electron chi connectivity index (χ3n) is 3.44. The van der Waals surface area contributed by atoms with E-state index >= 15 is 0 Å². The third kappa shape index (κ3) is 4.26. The summed E-state index contributed by atoms with van der Waals surface area (Å²) in [5, 5.41) is 0. The monoisotopic (exact) mass is 308 g/mol. The van der Waals surface area contributed by atoms with E-state index in [1.807, 2.05) is 0 Å². The van der Waals surface area contributed by atoms with Crippen LogP contribution in [0.3, 0.4) is 0 Å². The van der Waals surface area contributed by atoms with Crippen molar-refractivity contribution in [3.63, 3.8) is 0 Å². The normalized spacial score (nSPS) is 16.8. The molecule has 0 aliphatic heterocycles. The smallest absolute Gasteiger partial charge is 0.330 e. The lowest BCUT2D eigenvalue weighted by Gasteiger charge is -2.15.